The van der Waals surface area contributed by atoms with Crippen molar-refractivity contribution in [3.63, 3.8) is 0 Å². The number of carboxylic acids is 1. The summed E-state index contributed by atoms with van der Waals surface area (Å²) < 4.78 is 17.3. The lowest BCUT2D eigenvalue weighted by Gasteiger charge is -2.34. The van der Waals surface area contributed by atoms with E-state index in [2.05, 4.69) is 74.6 Å². The highest BCUT2D eigenvalue weighted by molar-refractivity contribution is 5.70. The molecule has 64 heavy (non-hydrogen) atoms. The molecule has 0 spiro atoms. The van der Waals surface area contributed by atoms with Gasteiger partial charge < -0.3 is 28.6 Å². The summed E-state index contributed by atoms with van der Waals surface area (Å²) in [7, 11) is 5.42. The molecule has 0 aromatic heterocycles. The number of quaternary nitrogens is 1. The summed E-state index contributed by atoms with van der Waals surface area (Å²) >= 11 is 0. The van der Waals surface area contributed by atoms with Gasteiger partial charge in [0.25, 0.3) is 0 Å². The molecule has 0 heterocycles. The van der Waals surface area contributed by atoms with Crippen LogP contribution in [-0.4, -0.2) is 75.5 Å². The summed E-state index contributed by atoms with van der Waals surface area (Å²) in [6.07, 6.45) is 58.2. The molecule has 8 heteroatoms. The molecule has 0 rings (SSSR count). The number of allylic oxidation sites excluding steroid dienone is 10. The average Bonchev–Trinajstić information content (AvgIpc) is 3.26. The number of likely N-dealkylation sites (N-methyl/N-ethyl adjacent to an activating group) is 1. The van der Waals surface area contributed by atoms with Gasteiger partial charge in [-0.05, 0) is 70.6 Å². The highest BCUT2D eigenvalue weighted by Gasteiger charge is 2.25. The lowest BCUT2D eigenvalue weighted by molar-refractivity contribution is -0.889. The molecule has 0 aliphatic carbocycles. The van der Waals surface area contributed by atoms with E-state index in [9.17, 15) is 19.5 Å². The number of ether oxygens (including phenoxy) is 3. The molecular weight excluding hydrogens is 799 g/mol. The summed E-state index contributed by atoms with van der Waals surface area (Å²) in [6.45, 7) is 4.55. The number of unbranched alkanes of at least 4 members (excludes halogenated alkanes) is 24. The summed E-state index contributed by atoms with van der Waals surface area (Å²) in [4.78, 5) is 37.1. The van der Waals surface area contributed by atoms with Gasteiger partial charge in [-0.2, -0.15) is 0 Å². The lowest BCUT2D eigenvalue weighted by atomic mass is 10.0. The Kier molecular flexibility index (Phi) is 44.4. The van der Waals surface area contributed by atoms with Crippen LogP contribution in [0, 0.1) is 0 Å². The van der Waals surface area contributed by atoms with E-state index in [1.807, 2.05) is 0 Å². The fourth-order valence-electron chi connectivity index (χ4n) is 7.61. The Balaban J connectivity index is 4.23. The standard InChI is InChI=1S/C56H99NO7/c1-6-8-10-12-14-16-18-20-22-24-26-28-30-32-34-36-38-40-42-44-46-54(58)63-51-52(50-62-49-48-53(56(60)61)57(3,4)5)64-55(59)47-45-43-41-39-37-35-33-31-29-27-25-23-21-19-17-15-13-11-9-7-2/h8,10,14,16-17,19-23,52-53H,6-7,9,11-13,15,18,24-51H2,1-5H3/b10-8+,16-14+,19-17+,22-20+,23-21+. The third kappa shape index (κ3) is 44.2. The Hall–Kier alpha value is -2.97. The van der Waals surface area contributed by atoms with Gasteiger partial charge in [-0.3, -0.25) is 9.59 Å². The maximum atomic E-state index is 12.8. The molecule has 0 bridgehead atoms. The van der Waals surface area contributed by atoms with E-state index in [1.54, 1.807) is 21.1 Å². The van der Waals surface area contributed by atoms with Gasteiger partial charge in [0.15, 0.2) is 6.10 Å². The monoisotopic (exact) mass is 898 g/mol. The Labute approximate surface area is 394 Å². The van der Waals surface area contributed by atoms with Gasteiger partial charge >= 0.3 is 11.9 Å². The molecule has 0 fully saturated rings. The van der Waals surface area contributed by atoms with Crippen molar-refractivity contribution in [2.75, 3.05) is 41.0 Å². The Morgan fingerprint density at radius 3 is 1.39 bits per heavy atom. The zero-order chi connectivity index (χ0) is 47.0. The van der Waals surface area contributed by atoms with Crippen molar-refractivity contribution in [2.24, 2.45) is 0 Å². The Morgan fingerprint density at radius 2 is 0.922 bits per heavy atom. The number of rotatable bonds is 47. The van der Waals surface area contributed by atoms with Crippen molar-refractivity contribution in [2.45, 2.75) is 238 Å². The molecule has 2 unspecified atom stereocenters. The number of nitrogens with zero attached hydrogens (tertiary/aromatic N) is 1. The average molecular weight is 898 g/mol. The van der Waals surface area contributed by atoms with Crippen LogP contribution in [0.3, 0.4) is 0 Å². The molecular formula is C56H99NO7. The highest BCUT2D eigenvalue weighted by atomic mass is 16.6. The zero-order valence-corrected chi connectivity index (χ0v) is 42.2. The van der Waals surface area contributed by atoms with Crippen molar-refractivity contribution < 1.29 is 38.2 Å². The highest BCUT2D eigenvalue weighted by Crippen LogP contribution is 2.15. The van der Waals surface area contributed by atoms with Crippen LogP contribution in [0.1, 0.15) is 226 Å². The van der Waals surface area contributed by atoms with Crippen molar-refractivity contribution in [3.05, 3.63) is 60.8 Å². The minimum atomic E-state index is -1.13. The van der Waals surface area contributed by atoms with Crippen molar-refractivity contribution >= 4 is 17.9 Å². The van der Waals surface area contributed by atoms with Gasteiger partial charge in [-0.1, -0.05) is 197 Å². The van der Waals surface area contributed by atoms with E-state index in [1.165, 1.54) is 135 Å². The summed E-state index contributed by atoms with van der Waals surface area (Å²) in [5.41, 5.74) is 0. The zero-order valence-electron chi connectivity index (χ0n) is 42.2. The number of carboxylic acid groups (broad SMARTS) is 1. The quantitative estimate of drug-likeness (QED) is 0.0197. The second-order valence-electron chi connectivity index (χ2n) is 18.8. The molecule has 0 N–H and O–H groups in total. The van der Waals surface area contributed by atoms with Crippen molar-refractivity contribution in [3.8, 4) is 0 Å². The van der Waals surface area contributed by atoms with Gasteiger partial charge in [0.2, 0.25) is 0 Å². The number of carbonyl (C=O) groups excluding carboxylic acids is 3. The molecule has 0 saturated carbocycles. The van der Waals surface area contributed by atoms with Gasteiger partial charge in [0.1, 0.15) is 12.6 Å². The first-order valence-electron chi connectivity index (χ1n) is 26.3. The van der Waals surface area contributed by atoms with E-state index in [0.29, 0.717) is 12.8 Å². The first-order chi connectivity index (χ1) is 31.1. The van der Waals surface area contributed by atoms with Crippen LogP contribution in [0.4, 0.5) is 0 Å². The topological polar surface area (TPSA) is 102 Å². The maximum Gasteiger partial charge on any atom is 0.306 e. The fraction of sp³-hybridized carbons (Fsp3) is 0.768. The number of hydrogen-bond acceptors (Lipinski definition) is 7. The SMILES string of the molecule is CC/C=C/C/C=C/C/C=C/CCCCCCCCCCCCC(=O)OCC(COCCC(C(=O)[O-])[N+](C)(C)C)OC(=O)CCCCCCCCCCCC/C=C/C=C/CCCCCC. The predicted octanol–water partition coefficient (Wildman–Crippen LogP) is 14.0. The largest absolute Gasteiger partial charge is 0.544 e. The molecule has 0 aromatic rings. The molecule has 0 saturated heterocycles. The van der Waals surface area contributed by atoms with Crippen LogP contribution >= 0.6 is 0 Å². The first kappa shape index (κ1) is 61.0. The van der Waals surface area contributed by atoms with E-state index < -0.39 is 18.1 Å². The van der Waals surface area contributed by atoms with Crippen LogP contribution < -0.4 is 5.11 Å². The molecule has 0 radical (unpaired) electrons. The van der Waals surface area contributed by atoms with Crippen LogP contribution in [0.15, 0.2) is 60.8 Å². The molecule has 0 aromatic carbocycles. The van der Waals surface area contributed by atoms with E-state index in [0.717, 1.165) is 57.8 Å². The smallest absolute Gasteiger partial charge is 0.306 e. The van der Waals surface area contributed by atoms with E-state index >= 15 is 0 Å². The van der Waals surface area contributed by atoms with Crippen LogP contribution in [-0.2, 0) is 28.6 Å². The second kappa shape index (κ2) is 46.6. The number of esters is 2. The van der Waals surface area contributed by atoms with Crippen molar-refractivity contribution in [1.82, 2.24) is 0 Å². The molecule has 0 aliphatic rings. The summed E-state index contributed by atoms with van der Waals surface area (Å²) in [5.74, 6) is -1.74. The van der Waals surface area contributed by atoms with Crippen LogP contribution in [0.2, 0.25) is 0 Å². The van der Waals surface area contributed by atoms with Crippen LogP contribution in [0.25, 0.3) is 0 Å². The second-order valence-corrected chi connectivity index (χ2v) is 18.8. The fourth-order valence-corrected chi connectivity index (χ4v) is 7.61. The Morgan fingerprint density at radius 1 is 0.500 bits per heavy atom. The van der Waals surface area contributed by atoms with Gasteiger partial charge in [0, 0.05) is 19.3 Å². The third-order valence-electron chi connectivity index (χ3n) is 11.7. The normalized spacial score (nSPS) is 13.3. The first-order valence-corrected chi connectivity index (χ1v) is 26.3. The van der Waals surface area contributed by atoms with Gasteiger partial charge in [-0.25, -0.2) is 0 Å². The number of hydrogen-bond donors (Lipinski definition) is 0. The minimum absolute atomic E-state index is 0.0374. The Bertz CT molecular complexity index is 1230. The molecule has 0 aliphatic heterocycles. The minimum Gasteiger partial charge on any atom is -0.544 e. The molecule has 0 amide bonds. The summed E-state index contributed by atoms with van der Waals surface area (Å²) in [6, 6.07) is -0.729. The van der Waals surface area contributed by atoms with Crippen molar-refractivity contribution in [1.29, 1.82) is 0 Å². The lowest BCUT2D eigenvalue weighted by Crippen LogP contribution is -2.55. The van der Waals surface area contributed by atoms with Crippen LogP contribution in [0.5, 0.6) is 0 Å². The molecule has 8 nitrogen and oxygen atoms in total. The third-order valence-corrected chi connectivity index (χ3v) is 11.7. The number of carbonyl (C=O) groups is 3. The van der Waals surface area contributed by atoms with Gasteiger partial charge in [-0.15, -0.1) is 0 Å². The summed E-state index contributed by atoms with van der Waals surface area (Å²) in [5, 5.41) is 11.7. The maximum absolute atomic E-state index is 12.8. The van der Waals surface area contributed by atoms with E-state index in [4.69, 9.17) is 14.2 Å². The molecule has 370 valence electrons. The van der Waals surface area contributed by atoms with E-state index in [-0.39, 0.29) is 42.7 Å². The van der Waals surface area contributed by atoms with Gasteiger partial charge in [0.05, 0.1) is 40.3 Å². The number of aliphatic carboxylic acids is 1. The molecule has 2 atom stereocenters. The predicted molar refractivity (Wildman–Crippen MR) is 268 cm³/mol.